The number of hydrogen-bond acceptors (Lipinski definition) is 7. The molecule has 0 spiro atoms. The number of ether oxygens (including phenoxy) is 1. The number of aliphatic hydroxyl groups excluding tert-OH is 1. The van der Waals surface area contributed by atoms with E-state index in [0.29, 0.717) is 37.4 Å². The van der Waals surface area contributed by atoms with Gasteiger partial charge in [-0.05, 0) is 38.5 Å². The number of carbonyl (C=O) groups excluding carboxylic acids is 1. The number of nitrogens with one attached hydrogen (secondary N) is 2. The van der Waals surface area contributed by atoms with E-state index >= 15 is 0 Å². The van der Waals surface area contributed by atoms with Gasteiger partial charge >= 0.3 is 6.18 Å². The van der Waals surface area contributed by atoms with Gasteiger partial charge in [-0.25, -0.2) is 4.98 Å². The number of aromatic nitrogens is 2. The van der Waals surface area contributed by atoms with Crippen molar-refractivity contribution < 1.29 is 27.8 Å². The fraction of sp³-hybridized carbons (Fsp3) is 0.737. The van der Waals surface area contributed by atoms with Gasteiger partial charge in [-0.15, -0.1) is 0 Å². The van der Waals surface area contributed by atoms with Crippen LogP contribution < -0.4 is 16.4 Å². The highest BCUT2D eigenvalue weighted by atomic mass is 19.4. The molecule has 2 saturated carbocycles. The van der Waals surface area contributed by atoms with Crippen molar-refractivity contribution in [2.24, 2.45) is 11.7 Å². The molecule has 3 rings (SSSR count). The molecule has 0 saturated heterocycles. The molecule has 2 atom stereocenters. The number of anilines is 2. The number of alkyl halides is 3. The van der Waals surface area contributed by atoms with Crippen molar-refractivity contribution in [1.82, 2.24) is 9.97 Å². The molecule has 5 N–H and O–H groups in total. The van der Waals surface area contributed by atoms with Crippen molar-refractivity contribution in [1.29, 1.82) is 0 Å². The molecule has 0 radical (unpaired) electrons. The van der Waals surface area contributed by atoms with E-state index < -0.39 is 24.8 Å². The number of hydrogen-bond donors (Lipinski definition) is 4. The second-order valence-corrected chi connectivity index (χ2v) is 7.99. The highest BCUT2D eigenvalue weighted by Crippen LogP contribution is 2.30. The highest BCUT2D eigenvalue weighted by Gasteiger charge is 2.31. The first-order valence-electron chi connectivity index (χ1n) is 10.2. The highest BCUT2D eigenvalue weighted by molar-refractivity contribution is 5.97. The van der Waals surface area contributed by atoms with Crippen LogP contribution in [0.2, 0.25) is 0 Å². The van der Waals surface area contributed by atoms with E-state index in [1.54, 1.807) is 0 Å². The number of aliphatic hydroxyl groups is 1. The maximum atomic E-state index is 12.3. The molecule has 2 aliphatic rings. The Morgan fingerprint density at radius 1 is 1.20 bits per heavy atom. The Bertz CT molecular complexity index is 726. The molecule has 1 unspecified atom stereocenters. The van der Waals surface area contributed by atoms with Gasteiger partial charge in [0.05, 0.1) is 11.7 Å². The zero-order valence-electron chi connectivity index (χ0n) is 16.6. The molecular weight excluding hydrogens is 403 g/mol. The molecule has 1 aromatic rings. The van der Waals surface area contributed by atoms with E-state index in [1.807, 2.05) is 0 Å². The molecule has 11 heteroatoms. The van der Waals surface area contributed by atoms with Gasteiger partial charge in [-0.3, -0.25) is 4.79 Å². The summed E-state index contributed by atoms with van der Waals surface area (Å²) in [5, 5.41) is 15.9. The van der Waals surface area contributed by atoms with Gasteiger partial charge in [-0.2, -0.15) is 18.2 Å². The first-order chi connectivity index (χ1) is 14.2. The minimum Gasteiger partial charge on any atom is -0.396 e. The average Bonchev–Trinajstić information content (AvgIpc) is 3.14. The molecule has 0 bridgehead atoms. The van der Waals surface area contributed by atoms with Gasteiger partial charge in [0, 0.05) is 30.8 Å². The Morgan fingerprint density at radius 2 is 1.93 bits per heavy atom. The lowest BCUT2D eigenvalue weighted by Crippen LogP contribution is -2.33. The van der Waals surface area contributed by atoms with Crippen LogP contribution in [0.4, 0.5) is 24.9 Å². The van der Waals surface area contributed by atoms with E-state index in [2.05, 4.69) is 20.6 Å². The second-order valence-electron chi connectivity index (χ2n) is 7.99. The van der Waals surface area contributed by atoms with Crippen LogP contribution in [0.5, 0.6) is 0 Å². The average molecular weight is 431 g/mol. The minimum atomic E-state index is -4.32. The van der Waals surface area contributed by atoms with Gasteiger partial charge in [0.15, 0.2) is 0 Å². The third-order valence-corrected chi connectivity index (χ3v) is 5.76. The van der Waals surface area contributed by atoms with Crippen LogP contribution in [0.15, 0.2) is 6.20 Å². The molecule has 1 aromatic heterocycles. The molecule has 2 aliphatic carbocycles. The Kier molecular flexibility index (Phi) is 7.35. The van der Waals surface area contributed by atoms with Crippen LogP contribution in [-0.4, -0.2) is 58.6 Å². The fourth-order valence-corrected chi connectivity index (χ4v) is 4.13. The van der Waals surface area contributed by atoms with Gasteiger partial charge in [0.1, 0.15) is 12.4 Å². The number of primary amides is 1. The monoisotopic (exact) mass is 431 g/mol. The summed E-state index contributed by atoms with van der Waals surface area (Å²) in [5.41, 5.74) is 5.62. The van der Waals surface area contributed by atoms with Gasteiger partial charge in [0.25, 0.3) is 5.91 Å². The molecule has 2 fully saturated rings. The standard InChI is InChI=1S/C19H28F3N5O3/c20-19(21,22)10-30-13-6-4-12(5-7-13)25-18-24-8-14(16(23)29)17(27-18)26-15-3-1-2-11(15)9-28/h8,11-13,15,28H,1-7,9-10H2,(H2,23,29)(H2,24,25,26,27)/t11-,12?,13?,15?/m1/s1. The Balaban J connectivity index is 1.59. The van der Waals surface area contributed by atoms with E-state index in [0.717, 1.165) is 19.3 Å². The number of carbonyl (C=O) groups is 1. The summed E-state index contributed by atoms with van der Waals surface area (Å²) in [6.07, 6.45) is 1.65. The SMILES string of the molecule is NC(=O)c1cnc(NC2CCC(OCC(F)(F)F)CC2)nc1NC1CCC[C@@H]1CO. The lowest BCUT2D eigenvalue weighted by Gasteiger charge is -2.29. The molecule has 0 aromatic carbocycles. The molecule has 8 nitrogen and oxygen atoms in total. The number of nitrogens with zero attached hydrogens (tertiary/aromatic N) is 2. The normalized spacial score (nSPS) is 27.1. The van der Waals surface area contributed by atoms with Gasteiger partial charge < -0.3 is 26.2 Å². The smallest absolute Gasteiger partial charge is 0.396 e. The van der Waals surface area contributed by atoms with E-state index in [9.17, 15) is 23.1 Å². The largest absolute Gasteiger partial charge is 0.411 e. The summed E-state index contributed by atoms with van der Waals surface area (Å²) >= 11 is 0. The molecule has 168 valence electrons. The van der Waals surface area contributed by atoms with Crippen molar-refractivity contribution in [2.75, 3.05) is 23.8 Å². The van der Waals surface area contributed by atoms with Crippen molar-refractivity contribution in [3.05, 3.63) is 11.8 Å². The number of halogens is 3. The maximum Gasteiger partial charge on any atom is 0.411 e. The van der Waals surface area contributed by atoms with Crippen LogP contribution >= 0.6 is 0 Å². The lowest BCUT2D eigenvalue weighted by molar-refractivity contribution is -0.187. The molecule has 0 aliphatic heterocycles. The first kappa shape index (κ1) is 22.5. The summed E-state index contributed by atoms with van der Waals surface area (Å²) in [6, 6.07) is -0.00300. The van der Waals surface area contributed by atoms with Crippen LogP contribution in [0.25, 0.3) is 0 Å². The fourth-order valence-electron chi connectivity index (χ4n) is 4.13. The predicted molar refractivity (Wildman–Crippen MR) is 104 cm³/mol. The summed E-state index contributed by atoms with van der Waals surface area (Å²) in [5.74, 6) is 0.0854. The van der Waals surface area contributed by atoms with Crippen LogP contribution in [0, 0.1) is 5.92 Å². The second kappa shape index (κ2) is 9.78. The zero-order chi connectivity index (χ0) is 21.7. The Morgan fingerprint density at radius 3 is 2.57 bits per heavy atom. The minimum absolute atomic E-state index is 0.000291. The summed E-state index contributed by atoms with van der Waals surface area (Å²) < 4.78 is 41.8. The van der Waals surface area contributed by atoms with Crippen molar-refractivity contribution >= 4 is 17.7 Å². The number of rotatable bonds is 8. The van der Waals surface area contributed by atoms with Crippen LogP contribution in [-0.2, 0) is 4.74 Å². The van der Waals surface area contributed by atoms with E-state index in [1.165, 1.54) is 6.20 Å². The molecule has 30 heavy (non-hydrogen) atoms. The summed E-state index contributed by atoms with van der Waals surface area (Å²) in [7, 11) is 0. The van der Waals surface area contributed by atoms with Gasteiger partial charge in [-0.1, -0.05) is 6.42 Å². The first-order valence-corrected chi connectivity index (χ1v) is 10.2. The van der Waals surface area contributed by atoms with Crippen molar-refractivity contribution in [3.63, 3.8) is 0 Å². The number of nitrogens with two attached hydrogens (primary N) is 1. The molecule has 1 amide bonds. The number of amides is 1. The van der Waals surface area contributed by atoms with Crippen LogP contribution in [0.1, 0.15) is 55.3 Å². The quantitative estimate of drug-likeness (QED) is 0.499. The molecule has 1 heterocycles. The van der Waals surface area contributed by atoms with E-state index in [4.69, 9.17) is 10.5 Å². The lowest BCUT2D eigenvalue weighted by atomic mass is 9.93. The zero-order valence-corrected chi connectivity index (χ0v) is 16.6. The topological polar surface area (TPSA) is 122 Å². The predicted octanol–water partition coefficient (Wildman–Crippen LogP) is 2.45. The third kappa shape index (κ3) is 6.18. The summed E-state index contributed by atoms with van der Waals surface area (Å²) in [4.78, 5) is 20.3. The van der Waals surface area contributed by atoms with Crippen molar-refractivity contribution in [3.8, 4) is 0 Å². The van der Waals surface area contributed by atoms with Gasteiger partial charge in [0.2, 0.25) is 5.95 Å². The third-order valence-electron chi connectivity index (χ3n) is 5.76. The van der Waals surface area contributed by atoms with Crippen LogP contribution in [0.3, 0.4) is 0 Å². The van der Waals surface area contributed by atoms with Crippen molar-refractivity contribution in [2.45, 2.75) is 69.3 Å². The molecular formula is C19H28F3N5O3. The Labute approximate surface area is 172 Å². The summed E-state index contributed by atoms with van der Waals surface area (Å²) in [6.45, 7) is -1.17. The van der Waals surface area contributed by atoms with E-state index in [-0.39, 0.29) is 30.2 Å². The maximum absolute atomic E-state index is 12.3. The Hall–Kier alpha value is -2.14.